The number of hydrogen-bond donors (Lipinski definition) is 2. The van der Waals surface area contributed by atoms with Gasteiger partial charge in [0.15, 0.2) is 0 Å². The molecule has 5 nitrogen and oxygen atoms in total. The van der Waals surface area contributed by atoms with Crippen LogP contribution in [-0.2, 0) is 10.4 Å². The zero-order valence-electron chi connectivity index (χ0n) is 12.8. The minimum Gasteiger partial charge on any atom is -0.306 e. The number of unbranched alkanes of at least 4 members (excludes halogenated alkanes) is 4. The first-order chi connectivity index (χ1) is 8.72. The summed E-state index contributed by atoms with van der Waals surface area (Å²) in [5, 5.41) is 0. The maximum atomic E-state index is 8.74. The van der Waals surface area contributed by atoms with Crippen LogP contribution < -0.4 is 0 Å². The van der Waals surface area contributed by atoms with E-state index in [9.17, 15) is 0 Å². The minimum atomic E-state index is -4.67. The van der Waals surface area contributed by atoms with Gasteiger partial charge in [-0.05, 0) is 26.9 Å². The zero-order valence-corrected chi connectivity index (χ0v) is 13.6. The van der Waals surface area contributed by atoms with Gasteiger partial charge in [0.05, 0.1) is 0 Å². The maximum Gasteiger partial charge on any atom is 0.394 e. The molecule has 0 aliphatic heterocycles. The number of hydrogen-bond acceptors (Lipinski definition) is 3. The summed E-state index contributed by atoms with van der Waals surface area (Å²) in [7, 11) is -0.222. The second-order valence-corrected chi connectivity index (χ2v) is 5.95. The second-order valence-electron chi connectivity index (χ2n) is 5.06. The third kappa shape index (κ3) is 23.4. The van der Waals surface area contributed by atoms with Crippen LogP contribution in [0.2, 0.25) is 0 Å². The van der Waals surface area contributed by atoms with E-state index in [1.165, 1.54) is 51.4 Å². The van der Waals surface area contributed by atoms with Gasteiger partial charge in [0, 0.05) is 6.04 Å². The van der Waals surface area contributed by atoms with E-state index in [-0.39, 0.29) is 0 Å². The molecule has 0 amide bonds. The molecule has 0 aliphatic rings. The monoisotopic (exact) mass is 297 g/mol. The molecule has 19 heavy (non-hydrogen) atoms. The molecular weight excluding hydrogens is 266 g/mol. The topological polar surface area (TPSA) is 77.8 Å². The first kappa shape index (κ1) is 21.1. The predicted molar refractivity (Wildman–Crippen MR) is 79.9 cm³/mol. The summed E-state index contributed by atoms with van der Waals surface area (Å²) in [6.07, 6.45) is 11.1. The lowest BCUT2D eigenvalue weighted by atomic mass is 10.0. The van der Waals surface area contributed by atoms with Crippen molar-refractivity contribution in [3.8, 4) is 0 Å². The summed E-state index contributed by atoms with van der Waals surface area (Å²) in [5.74, 6) is 0. The van der Waals surface area contributed by atoms with Crippen molar-refractivity contribution in [1.82, 2.24) is 4.90 Å². The molecule has 6 heteroatoms. The summed E-state index contributed by atoms with van der Waals surface area (Å²) < 4.78 is 31.6. The third-order valence-electron chi connectivity index (χ3n) is 3.01. The Morgan fingerprint density at radius 2 is 1.32 bits per heavy atom. The van der Waals surface area contributed by atoms with Gasteiger partial charge >= 0.3 is 10.4 Å². The fourth-order valence-electron chi connectivity index (χ4n) is 1.91. The zero-order chi connectivity index (χ0) is 15.3. The van der Waals surface area contributed by atoms with E-state index in [0.29, 0.717) is 0 Å². The van der Waals surface area contributed by atoms with Crippen LogP contribution in [-0.4, -0.2) is 42.6 Å². The van der Waals surface area contributed by atoms with Crippen molar-refractivity contribution in [3.63, 3.8) is 0 Å². The molecule has 2 N–H and O–H groups in total. The van der Waals surface area contributed by atoms with E-state index in [2.05, 4.69) is 32.8 Å². The van der Waals surface area contributed by atoms with Crippen LogP contribution >= 0.6 is 0 Å². The van der Waals surface area contributed by atoms with Crippen LogP contribution in [0.5, 0.6) is 0 Å². The van der Waals surface area contributed by atoms with Crippen LogP contribution in [0.1, 0.15) is 65.2 Å². The van der Waals surface area contributed by atoms with Gasteiger partial charge in [-0.3, -0.25) is 9.11 Å². The highest BCUT2D eigenvalue weighted by Gasteiger charge is 2.09. The molecule has 0 aromatic rings. The average Bonchev–Trinajstić information content (AvgIpc) is 2.25. The highest BCUT2D eigenvalue weighted by atomic mass is 32.3. The van der Waals surface area contributed by atoms with Gasteiger partial charge in [0.2, 0.25) is 0 Å². The van der Waals surface area contributed by atoms with E-state index in [4.69, 9.17) is 17.5 Å². The van der Waals surface area contributed by atoms with Crippen LogP contribution in [0.15, 0.2) is 0 Å². The maximum absolute atomic E-state index is 8.74. The van der Waals surface area contributed by atoms with E-state index >= 15 is 0 Å². The Morgan fingerprint density at radius 1 is 0.895 bits per heavy atom. The lowest BCUT2D eigenvalue weighted by Gasteiger charge is -2.24. The van der Waals surface area contributed by atoms with Gasteiger partial charge in [-0.1, -0.05) is 52.4 Å². The quantitative estimate of drug-likeness (QED) is 0.503. The third-order valence-corrected chi connectivity index (χ3v) is 3.01. The van der Waals surface area contributed by atoms with Gasteiger partial charge in [-0.2, -0.15) is 8.42 Å². The average molecular weight is 297 g/mol. The highest BCUT2D eigenvalue weighted by Crippen LogP contribution is 2.14. The van der Waals surface area contributed by atoms with Gasteiger partial charge in [0.1, 0.15) is 0 Å². The van der Waals surface area contributed by atoms with Crippen LogP contribution in [0.3, 0.4) is 0 Å². The normalized spacial score (nSPS) is 13.0. The smallest absolute Gasteiger partial charge is 0.306 e. The number of rotatable bonds is 9. The Labute approximate surface area is 119 Å². The molecule has 0 rings (SSSR count). The molecule has 0 bridgehead atoms. The summed E-state index contributed by atoms with van der Waals surface area (Å²) in [5.41, 5.74) is 0. The molecule has 0 radical (unpaired) electrons. The molecule has 0 heterocycles. The fourth-order valence-corrected chi connectivity index (χ4v) is 1.91. The largest absolute Gasteiger partial charge is 0.394 e. The lowest BCUT2D eigenvalue weighted by Crippen LogP contribution is -2.27. The predicted octanol–water partition coefficient (Wildman–Crippen LogP) is 3.42. The molecular formula is C13H31NO4S. The molecule has 0 aromatic heterocycles. The molecule has 118 valence electrons. The van der Waals surface area contributed by atoms with E-state index in [1.54, 1.807) is 0 Å². The Morgan fingerprint density at radius 3 is 1.68 bits per heavy atom. The van der Waals surface area contributed by atoms with Gasteiger partial charge in [-0.25, -0.2) is 0 Å². The summed E-state index contributed by atoms with van der Waals surface area (Å²) in [4.78, 5) is 2.40. The molecule has 1 atom stereocenters. The van der Waals surface area contributed by atoms with Crippen molar-refractivity contribution in [2.24, 2.45) is 0 Å². The van der Waals surface area contributed by atoms with Crippen molar-refractivity contribution in [3.05, 3.63) is 0 Å². The summed E-state index contributed by atoms with van der Waals surface area (Å²) >= 11 is 0. The molecule has 0 saturated heterocycles. The Hall–Kier alpha value is -0.170. The number of nitrogens with zero attached hydrogens (tertiary/aromatic N) is 1. The van der Waals surface area contributed by atoms with Crippen molar-refractivity contribution in [2.45, 2.75) is 71.3 Å². The fraction of sp³-hybridized carbons (Fsp3) is 1.00. The lowest BCUT2D eigenvalue weighted by molar-refractivity contribution is 0.253. The standard InChI is InChI=1S/C13H29N.H2O4S/c1-5-7-9-10-12-13(14(3)4)11-8-6-2;1-5(2,3)4/h13H,5-12H2,1-4H3;(H2,1,2,3,4). The molecule has 1 unspecified atom stereocenters. The molecule has 0 aromatic carbocycles. The minimum absolute atomic E-state index is 0.826. The second kappa shape index (κ2) is 12.8. The van der Waals surface area contributed by atoms with Crippen molar-refractivity contribution >= 4 is 10.4 Å². The summed E-state index contributed by atoms with van der Waals surface area (Å²) in [6.45, 7) is 4.56. The first-order valence-corrected chi connectivity index (χ1v) is 8.48. The van der Waals surface area contributed by atoms with Crippen LogP contribution in [0, 0.1) is 0 Å². The molecule has 0 fully saturated rings. The molecule has 0 aliphatic carbocycles. The Kier molecular flexibility index (Phi) is 14.3. The Balaban J connectivity index is 0. The van der Waals surface area contributed by atoms with Gasteiger partial charge < -0.3 is 4.90 Å². The molecule has 0 spiro atoms. The van der Waals surface area contributed by atoms with Gasteiger partial charge in [-0.15, -0.1) is 0 Å². The van der Waals surface area contributed by atoms with Crippen molar-refractivity contribution in [1.29, 1.82) is 0 Å². The Bertz CT molecular complexity index is 270. The first-order valence-electron chi connectivity index (χ1n) is 7.08. The van der Waals surface area contributed by atoms with E-state index in [1.807, 2.05) is 0 Å². The van der Waals surface area contributed by atoms with Crippen molar-refractivity contribution in [2.75, 3.05) is 14.1 Å². The van der Waals surface area contributed by atoms with Crippen LogP contribution in [0.25, 0.3) is 0 Å². The molecule has 0 saturated carbocycles. The van der Waals surface area contributed by atoms with E-state index < -0.39 is 10.4 Å². The van der Waals surface area contributed by atoms with Crippen molar-refractivity contribution < 1.29 is 17.5 Å². The SMILES string of the molecule is CCCCCCC(CCCC)N(C)C.O=S(=O)(O)O. The van der Waals surface area contributed by atoms with E-state index in [0.717, 1.165) is 6.04 Å². The summed E-state index contributed by atoms with van der Waals surface area (Å²) in [6, 6.07) is 0.826. The van der Waals surface area contributed by atoms with Gasteiger partial charge in [0.25, 0.3) is 0 Å². The highest BCUT2D eigenvalue weighted by molar-refractivity contribution is 7.79. The van der Waals surface area contributed by atoms with Crippen LogP contribution in [0.4, 0.5) is 0 Å².